The molecule has 0 aromatic heterocycles. The summed E-state index contributed by atoms with van der Waals surface area (Å²) in [7, 11) is 0. The molecule has 0 aliphatic carbocycles. The van der Waals surface area contributed by atoms with Gasteiger partial charge >= 0.3 is 5.97 Å². The average Bonchev–Trinajstić information content (AvgIpc) is 2.43. The van der Waals surface area contributed by atoms with E-state index < -0.39 is 11.9 Å². The molecule has 0 saturated heterocycles. The minimum atomic E-state index is -0.895. The molecule has 6 nitrogen and oxygen atoms in total. The maximum Gasteiger partial charge on any atom is 0.307 e. The summed E-state index contributed by atoms with van der Waals surface area (Å²) in [5.41, 5.74) is 5.91. The van der Waals surface area contributed by atoms with E-state index in [2.05, 4.69) is 0 Å². The number of phenolic OH excluding ortho intramolecular Hbond substituents is 3. The number of aliphatic carboxylic acids is 1. The van der Waals surface area contributed by atoms with Crippen molar-refractivity contribution < 1.29 is 25.2 Å². The summed E-state index contributed by atoms with van der Waals surface area (Å²) in [5, 5.41) is 37.7. The highest BCUT2D eigenvalue weighted by Gasteiger charge is 2.21. The van der Waals surface area contributed by atoms with E-state index in [1.807, 2.05) is 6.92 Å². The first-order valence-corrected chi connectivity index (χ1v) is 7.05. The highest BCUT2D eigenvalue weighted by molar-refractivity contribution is 5.70. The Morgan fingerprint density at radius 3 is 2.48 bits per heavy atom. The lowest BCUT2D eigenvalue weighted by Gasteiger charge is -2.19. The van der Waals surface area contributed by atoms with Crippen LogP contribution >= 0.6 is 0 Å². The molecule has 118 valence electrons. The van der Waals surface area contributed by atoms with Gasteiger partial charge in [0.15, 0.2) is 11.5 Å². The minimum Gasteiger partial charge on any atom is -0.508 e. The van der Waals surface area contributed by atoms with Gasteiger partial charge in [0.2, 0.25) is 0 Å². The fraction of sp³-hybridized carbons (Fsp3) is 0.533. The molecule has 0 spiro atoms. The Kier molecular flexibility index (Phi) is 6.30. The zero-order valence-electron chi connectivity index (χ0n) is 12.1. The molecule has 0 aliphatic heterocycles. The van der Waals surface area contributed by atoms with Crippen LogP contribution < -0.4 is 5.73 Å². The van der Waals surface area contributed by atoms with Crippen molar-refractivity contribution in [3.63, 3.8) is 0 Å². The van der Waals surface area contributed by atoms with Gasteiger partial charge in [-0.05, 0) is 31.2 Å². The Morgan fingerprint density at radius 2 is 1.95 bits per heavy atom. The minimum absolute atomic E-state index is 0.101. The lowest BCUT2D eigenvalue weighted by atomic mass is 9.87. The predicted molar refractivity (Wildman–Crippen MR) is 78.3 cm³/mol. The maximum atomic E-state index is 11.0. The number of phenols is 3. The van der Waals surface area contributed by atoms with E-state index in [-0.39, 0.29) is 29.7 Å². The summed E-state index contributed by atoms with van der Waals surface area (Å²) >= 11 is 0. The van der Waals surface area contributed by atoms with Crippen LogP contribution in [-0.4, -0.2) is 32.9 Å². The van der Waals surface area contributed by atoms with Crippen LogP contribution in [0, 0.1) is 11.8 Å². The van der Waals surface area contributed by atoms with Crippen LogP contribution in [0.3, 0.4) is 0 Å². The van der Waals surface area contributed by atoms with Crippen LogP contribution in [0.5, 0.6) is 17.2 Å². The molecule has 0 fully saturated rings. The van der Waals surface area contributed by atoms with E-state index in [9.17, 15) is 20.1 Å². The van der Waals surface area contributed by atoms with Crippen LogP contribution in [-0.2, 0) is 11.2 Å². The third-order valence-electron chi connectivity index (χ3n) is 3.80. The molecule has 1 aromatic carbocycles. The van der Waals surface area contributed by atoms with Crippen molar-refractivity contribution >= 4 is 5.97 Å². The number of hydrogen-bond donors (Lipinski definition) is 5. The zero-order chi connectivity index (χ0) is 16.0. The first kappa shape index (κ1) is 17.1. The van der Waals surface area contributed by atoms with Gasteiger partial charge < -0.3 is 26.2 Å². The highest BCUT2D eigenvalue weighted by Crippen LogP contribution is 2.35. The van der Waals surface area contributed by atoms with E-state index in [0.717, 1.165) is 12.5 Å². The summed E-state index contributed by atoms with van der Waals surface area (Å²) in [5.74, 6) is -2.02. The molecule has 0 amide bonds. The first-order valence-electron chi connectivity index (χ1n) is 7.05. The van der Waals surface area contributed by atoms with E-state index in [0.29, 0.717) is 24.8 Å². The Labute approximate surface area is 123 Å². The number of aromatic hydroxyl groups is 3. The molecule has 1 aromatic rings. The molecule has 21 heavy (non-hydrogen) atoms. The van der Waals surface area contributed by atoms with Gasteiger partial charge in [-0.2, -0.15) is 0 Å². The molecule has 0 radical (unpaired) electrons. The van der Waals surface area contributed by atoms with Crippen LogP contribution in [0.15, 0.2) is 12.1 Å². The number of hydrogen-bond acceptors (Lipinski definition) is 5. The number of rotatable bonds is 8. The summed E-state index contributed by atoms with van der Waals surface area (Å²) in [4.78, 5) is 11.0. The van der Waals surface area contributed by atoms with Crippen molar-refractivity contribution in [1.82, 2.24) is 0 Å². The monoisotopic (exact) mass is 297 g/mol. The lowest BCUT2D eigenvalue weighted by Crippen LogP contribution is -2.26. The Hall–Kier alpha value is -1.95. The molecule has 2 unspecified atom stereocenters. The number of carboxylic acids is 1. The maximum absolute atomic E-state index is 11.0. The molecule has 6 heteroatoms. The summed E-state index contributed by atoms with van der Waals surface area (Å²) in [6.07, 6.45) is 2.38. The smallest absolute Gasteiger partial charge is 0.307 e. The molecule has 6 N–H and O–H groups in total. The highest BCUT2D eigenvalue weighted by atomic mass is 16.4. The van der Waals surface area contributed by atoms with Crippen molar-refractivity contribution in [3.05, 3.63) is 17.7 Å². The average molecular weight is 297 g/mol. The molecular weight excluding hydrogens is 274 g/mol. The predicted octanol–water partition coefficient (Wildman–Crippen LogP) is 1.81. The number of nitrogens with two attached hydrogens (primary N) is 1. The summed E-state index contributed by atoms with van der Waals surface area (Å²) in [6.45, 7) is 2.07. The molecular formula is C15H23NO5. The standard InChI is InChI=1S/C15H23NO5/c1-2-9(5-11(8-16)15(20)21)3-4-10-6-12(17)7-13(18)14(10)19/h6-7,9,11,17-19H,2-5,8,16H2,1H3,(H,20,21). The molecule has 0 aliphatic rings. The van der Waals surface area contributed by atoms with E-state index in [1.54, 1.807) is 0 Å². The zero-order valence-corrected chi connectivity index (χ0v) is 12.1. The van der Waals surface area contributed by atoms with Crippen molar-refractivity contribution in [2.45, 2.75) is 32.6 Å². The van der Waals surface area contributed by atoms with Crippen LogP contribution in [0.4, 0.5) is 0 Å². The topological polar surface area (TPSA) is 124 Å². The molecule has 1 rings (SSSR count). The SMILES string of the molecule is CCC(CCc1cc(O)cc(O)c1O)CC(CN)C(=O)O. The lowest BCUT2D eigenvalue weighted by molar-refractivity contribution is -0.142. The van der Waals surface area contributed by atoms with Gasteiger partial charge in [-0.15, -0.1) is 0 Å². The number of carbonyl (C=O) groups is 1. The normalized spacial score (nSPS) is 13.8. The second-order valence-corrected chi connectivity index (χ2v) is 5.29. The quantitative estimate of drug-likeness (QED) is 0.368. The van der Waals surface area contributed by atoms with E-state index >= 15 is 0 Å². The molecule has 0 bridgehead atoms. The van der Waals surface area contributed by atoms with Crippen molar-refractivity contribution in [3.8, 4) is 17.2 Å². The molecule has 0 heterocycles. The van der Waals surface area contributed by atoms with Crippen LogP contribution in [0.25, 0.3) is 0 Å². The van der Waals surface area contributed by atoms with E-state index in [4.69, 9.17) is 10.8 Å². The van der Waals surface area contributed by atoms with Gasteiger partial charge in [0.05, 0.1) is 5.92 Å². The summed E-state index contributed by atoms with van der Waals surface area (Å²) in [6, 6.07) is 2.48. The number of benzene rings is 1. The van der Waals surface area contributed by atoms with Gasteiger partial charge in [-0.25, -0.2) is 0 Å². The van der Waals surface area contributed by atoms with Crippen molar-refractivity contribution in [2.75, 3.05) is 6.54 Å². The summed E-state index contributed by atoms with van der Waals surface area (Å²) < 4.78 is 0. The molecule has 2 atom stereocenters. The second kappa shape index (κ2) is 7.73. The van der Waals surface area contributed by atoms with Crippen molar-refractivity contribution in [2.24, 2.45) is 17.6 Å². The Bertz CT molecular complexity index is 489. The fourth-order valence-corrected chi connectivity index (χ4v) is 2.40. The van der Waals surface area contributed by atoms with Crippen LogP contribution in [0.1, 0.15) is 31.7 Å². The Morgan fingerprint density at radius 1 is 1.29 bits per heavy atom. The fourth-order valence-electron chi connectivity index (χ4n) is 2.40. The van der Waals surface area contributed by atoms with Gasteiger partial charge in [0, 0.05) is 18.2 Å². The number of aryl methyl sites for hydroxylation is 1. The van der Waals surface area contributed by atoms with Crippen molar-refractivity contribution in [1.29, 1.82) is 0 Å². The third kappa shape index (κ3) is 4.82. The third-order valence-corrected chi connectivity index (χ3v) is 3.80. The van der Waals surface area contributed by atoms with Crippen LogP contribution in [0.2, 0.25) is 0 Å². The van der Waals surface area contributed by atoms with Gasteiger partial charge in [0.1, 0.15) is 5.75 Å². The number of carboxylic acid groups (broad SMARTS) is 1. The largest absolute Gasteiger partial charge is 0.508 e. The second-order valence-electron chi connectivity index (χ2n) is 5.29. The Balaban J connectivity index is 2.69. The van der Waals surface area contributed by atoms with Gasteiger partial charge in [0.25, 0.3) is 0 Å². The molecule has 0 saturated carbocycles. The van der Waals surface area contributed by atoms with E-state index in [1.165, 1.54) is 6.07 Å². The van der Waals surface area contributed by atoms with Gasteiger partial charge in [-0.1, -0.05) is 13.3 Å². The first-order chi connectivity index (χ1) is 9.88. The van der Waals surface area contributed by atoms with Gasteiger partial charge in [-0.3, -0.25) is 4.79 Å².